The maximum Gasteiger partial charge on any atom is 0.138 e. The lowest BCUT2D eigenvalue weighted by Gasteiger charge is -2.18. The number of aromatic nitrogens is 3. The first kappa shape index (κ1) is 14.0. The highest BCUT2D eigenvalue weighted by Gasteiger charge is 2.17. The van der Waals surface area contributed by atoms with Crippen LogP contribution in [0.25, 0.3) is 0 Å². The molecule has 1 unspecified atom stereocenters. The van der Waals surface area contributed by atoms with Crippen LogP contribution >= 0.6 is 11.6 Å². The molecule has 5 heteroatoms. The Bertz CT molecular complexity index is 524. The van der Waals surface area contributed by atoms with E-state index in [1.54, 1.807) is 6.33 Å². The molecule has 102 valence electrons. The molecule has 1 heterocycles. The number of nitrogens with zero attached hydrogens (tertiary/aromatic N) is 3. The largest absolute Gasteiger partial charge is 0.319 e. The number of aryl methyl sites for hydroxylation is 1. The van der Waals surface area contributed by atoms with Gasteiger partial charge in [-0.3, -0.25) is 4.68 Å². The summed E-state index contributed by atoms with van der Waals surface area (Å²) in [7, 11) is 1.95. The zero-order valence-corrected chi connectivity index (χ0v) is 12.1. The van der Waals surface area contributed by atoms with Crippen molar-refractivity contribution in [2.75, 3.05) is 13.6 Å². The number of hydrogen-bond acceptors (Lipinski definition) is 3. The molecule has 0 amide bonds. The lowest BCUT2D eigenvalue weighted by Crippen LogP contribution is -2.21. The van der Waals surface area contributed by atoms with Crippen molar-refractivity contribution in [1.82, 2.24) is 20.1 Å². The number of rotatable bonds is 6. The predicted octanol–water partition coefficient (Wildman–Crippen LogP) is 2.50. The Labute approximate surface area is 118 Å². The summed E-state index contributed by atoms with van der Waals surface area (Å²) in [4.78, 5) is 4.35. The third-order valence-corrected chi connectivity index (χ3v) is 3.56. The molecular formula is C14H19ClN4. The lowest BCUT2D eigenvalue weighted by molar-refractivity contribution is 0.556. The van der Waals surface area contributed by atoms with Crippen LogP contribution in [0.3, 0.4) is 0 Å². The van der Waals surface area contributed by atoms with Gasteiger partial charge in [-0.05, 0) is 25.6 Å². The SMILES string of the molecule is CCn1ncnc1CC(CNC)c1ccccc1Cl. The van der Waals surface area contributed by atoms with Gasteiger partial charge in [-0.25, -0.2) is 4.98 Å². The van der Waals surface area contributed by atoms with Crippen LogP contribution in [0.15, 0.2) is 30.6 Å². The van der Waals surface area contributed by atoms with Gasteiger partial charge in [0.1, 0.15) is 12.2 Å². The number of hydrogen-bond donors (Lipinski definition) is 1. The lowest BCUT2D eigenvalue weighted by atomic mass is 9.95. The van der Waals surface area contributed by atoms with Gasteiger partial charge in [0, 0.05) is 30.5 Å². The number of likely N-dealkylation sites (N-methyl/N-ethyl adjacent to an activating group) is 1. The van der Waals surface area contributed by atoms with Gasteiger partial charge in [-0.1, -0.05) is 29.8 Å². The first-order valence-electron chi connectivity index (χ1n) is 6.52. The predicted molar refractivity (Wildman–Crippen MR) is 77.5 cm³/mol. The van der Waals surface area contributed by atoms with Gasteiger partial charge in [-0.15, -0.1) is 0 Å². The average Bonchev–Trinajstić information content (AvgIpc) is 2.86. The van der Waals surface area contributed by atoms with Gasteiger partial charge in [0.05, 0.1) is 0 Å². The molecule has 2 rings (SSSR count). The number of halogens is 1. The van der Waals surface area contributed by atoms with E-state index >= 15 is 0 Å². The minimum Gasteiger partial charge on any atom is -0.319 e. The van der Waals surface area contributed by atoms with Gasteiger partial charge < -0.3 is 5.32 Å². The molecule has 0 aliphatic heterocycles. The summed E-state index contributed by atoms with van der Waals surface area (Å²) in [6, 6.07) is 7.99. The van der Waals surface area contributed by atoms with Crippen LogP contribution < -0.4 is 5.32 Å². The van der Waals surface area contributed by atoms with Crippen molar-refractivity contribution in [3.63, 3.8) is 0 Å². The average molecular weight is 279 g/mol. The molecule has 0 bridgehead atoms. The van der Waals surface area contributed by atoms with Crippen molar-refractivity contribution in [2.45, 2.75) is 25.8 Å². The molecule has 0 spiro atoms. The molecule has 0 aliphatic rings. The summed E-state index contributed by atoms with van der Waals surface area (Å²) >= 11 is 6.30. The van der Waals surface area contributed by atoms with Crippen molar-refractivity contribution in [3.05, 3.63) is 47.0 Å². The molecule has 19 heavy (non-hydrogen) atoms. The first-order chi connectivity index (χ1) is 9.26. The van der Waals surface area contributed by atoms with Crippen LogP contribution in [0, 0.1) is 0 Å². The smallest absolute Gasteiger partial charge is 0.138 e. The minimum absolute atomic E-state index is 0.299. The van der Waals surface area contributed by atoms with Gasteiger partial charge in [0.2, 0.25) is 0 Å². The van der Waals surface area contributed by atoms with Gasteiger partial charge >= 0.3 is 0 Å². The summed E-state index contributed by atoms with van der Waals surface area (Å²) in [5.41, 5.74) is 1.16. The van der Waals surface area contributed by atoms with Crippen molar-refractivity contribution < 1.29 is 0 Å². The number of benzene rings is 1. The van der Waals surface area contributed by atoms with E-state index in [2.05, 4.69) is 28.4 Å². The maximum atomic E-state index is 6.30. The molecule has 0 aliphatic carbocycles. The Kier molecular flexibility index (Phi) is 4.93. The Morgan fingerprint density at radius 3 is 2.84 bits per heavy atom. The highest BCUT2D eigenvalue weighted by Crippen LogP contribution is 2.26. The molecular weight excluding hydrogens is 260 g/mol. The molecule has 0 radical (unpaired) electrons. The summed E-state index contributed by atoms with van der Waals surface area (Å²) in [5, 5.41) is 8.25. The third-order valence-electron chi connectivity index (χ3n) is 3.22. The van der Waals surface area contributed by atoms with Crippen molar-refractivity contribution in [3.8, 4) is 0 Å². The molecule has 2 aromatic rings. The molecule has 1 N–H and O–H groups in total. The molecule has 1 aromatic heterocycles. The Balaban J connectivity index is 2.24. The maximum absolute atomic E-state index is 6.30. The van der Waals surface area contributed by atoms with Crippen molar-refractivity contribution >= 4 is 11.6 Å². The Morgan fingerprint density at radius 1 is 1.37 bits per heavy atom. The highest BCUT2D eigenvalue weighted by molar-refractivity contribution is 6.31. The Hall–Kier alpha value is -1.39. The van der Waals surface area contributed by atoms with E-state index in [4.69, 9.17) is 11.6 Å². The quantitative estimate of drug-likeness (QED) is 0.883. The topological polar surface area (TPSA) is 42.7 Å². The second-order valence-corrected chi connectivity index (χ2v) is 4.88. The minimum atomic E-state index is 0.299. The van der Waals surface area contributed by atoms with E-state index in [0.717, 1.165) is 35.9 Å². The third kappa shape index (κ3) is 3.33. The second kappa shape index (κ2) is 6.68. The highest BCUT2D eigenvalue weighted by atomic mass is 35.5. The molecule has 1 atom stereocenters. The van der Waals surface area contributed by atoms with Gasteiger partial charge in [0.15, 0.2) is 0 Å². The summed E-state index contributed by atoms with van der Waals surface area (Å²) < 4.78 is 1.93. The fraction of sp³-hybridized carbons (Fsp3) is 0.429. The van der Waals surface area contributed by atoms with Gasteiger partial charge in [0.25, 0.3) is 0 Å². The molecule has 1 aromatic carbocycles. The normalized spacial score (nSPS) is 12.6. The van der Waals surface area contributed by atoms with Crippen LogP contribution in [-0.4, -0.2) is 28.4 Å². The zero-order valence-electron chi connectivity index (χ0n) is 11.3. The van der Waals surface area contributed by atoms with E-state index in [1.165, 1.54) is 0 Å². The van der Waals surface area contributed by atoms with Crippen LogP contribution in [0.1, 0.15) is 24.2 Å². The molecule has 4 nitrogen and oxygen atoms in total. The standard InChI is InChI=1S/C14H19ClN4/c1-3-19-14(17-10-18-19)8-11(9-16-2)12-6-4-5-7-13(12)15/h4-7,10-11,16H,3,8-9H2,1-2H3. The van der Waals surface area contributed by atoms with Crippen molar-refractivity contribution in [2.24, 2.45) is 0 Å². The second-order valence-electron chi connectivity index (χ2n) is 4.47. The monoisotopic (exact) mass is 278 g/mol. The summed E-state index contributed by atoms with van der Waals surface area (Å²) in [5.74, 6) is 1.30. The summed E-state index contributed by atoms with van der Waals surface area (Å²) in [6.45, 7) is 3.77. The van der Waals surface area contributed by atoms with E-state index in [-0.39, 0.29) is 0 Å². The molecule has 0 saturated heterocycles. The zero-order chi connectivity index (χ0) is 13.7. The van der Waals surface area contributed by atoms with Crippen LogP contribution in [0.5, 0.6) is 0 Å². The van der Waals surface area contributed by atoms with Crippen LogP contribution in [-0.2, 0) is 13.0 Å². The summed E-state index contributed by atoms with van der Waals surface area (Å²) in [6.07, 6.45) is 2.44. The van der Waals surface area contributed by atoms with Gasteiger partial charge in [-0.2, -0.15) is 5.10 Å². The van der Waals surface area contributed by atoms with Crippen LogP contribution in [0.4, 0.5) is 0 Å². The van der Waals surface area contributed by atoms with Crippen molar-refractivity contribution in [1.29, 1.82) is 0 Å². The van der Waals surface area contributed by atoms with E-state index in [0.29, 0.717) is 5.92 Å². The fourth-order valence-corrected chi connectivity index (χ4v) is 2.57. The van der Waals surface area contributed by atoms with E-state index in [9.17, 15) is 0 Å². The first-order valence-corrected chi connectivity index (χ1v) is 6.89. The number of nitrogens with one attached hydrogen (secondary N) is 1. The molecule has 0 fully saturated rings. The van der Waals surface area contributed by atoms with E-state index < -0.39 is 0 Å². The van der Waals surface area contributed by atoms with E-state index in [1.807, 2.05) is 29.9 Å². The Morgan fingerprint density at radius 2 is 2.16 bits per heavy atom. The fourth-order valence-electron chi connectivity index (χ4n) is 2.28. The molecule has 0 saturated carbocycles. The van der Waals surface area contributed by atoms with Crippen LogP contribution in [0.2, 0.25) is 5.02 Å².